The van der Waals surface area contributed by atoms with Crippen molar-refractivity contribution in [2.45, 2.75) is 181 Å². The lowest BCUT2D eigenvalue weighted by Gasteiger charge is -2.48. The molecule has 0 saturated heterocycles. The first-order valence-electron chi connectivity index (χ1n) is 26.5. The fraction of sp³-hybridized carbons (Fsp3) is 0.424. The second-order valence-electron chi connectivity index (χ2n) is 27.6. The van der Waals surface area contributed by atoms with Crippen LogP contribution in [0.3, 0.4) is 0 Å². The van der Waals surface area contributed by atoms with Gasteiger partial charge in [-0.2, -0.15) is 0 Å². The molecule has 7 aromatic rings. The lowest BCUT2D eigenvalue weighted by atomic mass is 9.35. The molecule has 0 saturated carbocycles. The van der Waals surface area contributed by atoms with Crippen molar-refractivity contribution in [2.24, 2.45) is 0 Å². The number of benzene rings is 6. The maximum atomic E-state index is 2.74. The van der Waals surface area contributed by atoms with Crippen LogP contribution in [0.5, 0.6) is 0 Å². The number of rotatable bonds is 3. The quantitative estimate of drug-likeness (QED) is 0.163. The zero-order valence-corrected chi connectivity index (χ0v) is 46.4. The van der Waals surface area contributed by atoms with Gasteiger partial charge in [0, 0.05) is 43.2 Å². The number of hydrogen-bond acceptors (Lipinski definition) is 3. The van der Waals surface area contributed by atoms with Gasteiger partial charge in [0.1, 0.15) is 0 Å². The molecule has 1 aromatic heterocycles. The first-order valence-corrected chi connectivity index (χ1v) is 27.3. The molecule has 4 aliphatic rings. The summed E-state index contributed by atoms with van der Waals surface area (Å²) in [6.07, 6.45) is 4.72. The van der Waals surface area contributed by atoms with E-state index >= 15 is 0 Å². The van der Waals surface area contributed by atoms with E-state index in [1.807, 2.05) is 11.3 Å². The highest BCUT2D eigenvalue weighted by atomic mass is 32.1. The average molecular weight is 941 g/mol. The number of hydrogen-bond donors (Lipinski definition) is 0. The predicted molar refractivity (Wildman–Crippen MR) is 308 cm³/mol. The minimum atomic E-state index is -0.124. The Labute approximate surface area is 426 Å². The molecule has 70 heavy (non-hydrogen) atoms. The lowest BCUT2D eigenvalue weighted by Crippen LogP contribution is -2.61. The number of anilines is 6. The van der Waals surface area contributed by atoms with Crippen molar-refractivity contribution < 1.29 is 0 Å². The zero-order chi connectivity index (χ0) is 50.0. The Kier molecular flexibility index (Phi) is 10.3. The van der Waals surface area contributed by atoms with Crippen LogP contribution >= 0.6 is 11.3 Å². The third-order valence-electron chi connectivity index (χ3n) is 17.7. The second-order valence-corrected chi connectivity index (χ2v) is 28.7. The largest absolute Gasteiger partial charge is 0.311 e. The van der Waals surface area contributed by atoms with Crippen molar-refractivity contribution in [3.8, 4) is 11.1 Å². The van der Waals surface area contributed by atoms with Crippen LogP contribution in [-0.2, 0) is 37.9 Å². The van der Waals surface area contributed by atoms with Crippen molar-refractivity contribution in [2.75, 3.05) is 9.80 Å². The van der Waals surface area contributed by atoms with Gasteiger partial charge in [-0.05, 0) is 168 Å². The van der Waals surface area contributed by atoms with E-state index < -0.39 is 0 Å². The smallest absolute Gasteiger partial charge is 0.264 e. The van der Waals surface area contributed by atoms with Crippen molar-refractivity contribution in [3.63, 3.8) is 0 Å². The first kappa shape index (κ1) is 47.3. The summed E-state index contributed by atoms with van der Waals surface area (Å²) >= 11 is 2.02. The van der Waals surface area contributed by atoms with E-state index in [9.17, 15) is 0 Å². The third kappa shape index (κ3) is 7.30. The van der Waals surface area contributed by atoms with Crippen LogP contribution in [0.2, 0.25) is 0 Å². The standard InChI is InChI=1S/C66H77BN2S/c1-60(2,3)41-24-22-40(23-25-41)46-34-42(61(4,5)6)26-29-52(46)69-53-39-50-49(65(14,15)32-33-66(50,16)17)38-51(53)67-57-54(35-43(36-55(57)69)62(7,8)9)68(58-45-20-18-19-21-56(45)70-59(58)67)44-27-28-47-48(37-44)64(12,13)31-30-63(47,10)11/h18-29,34-39H,30-33H2,1-17H3. The molecule has 2 nitrogen and oxygen atoms in total. The number of fused-ring (bicyclic) bond motifs is 8. The highest BCUT2D eigenvalue weighted by Crippen LogP contribution is 2.55. The molecule has 2 aliphatic carbocycles. The summed E-state index contributed by atoms with van der Waals surface area (Å²) in [6, 6.07) is 44.3. The third-order valence-corrected chi connectivity index (χ3v) is 18.9. The van der Waals surface area contributed by atoms with Gasteiger partial charge in [0.2, 0.25) is 0 Å². The van der Waals surface area contributed by atoms with E-state index in [0.717, 1.165) is 0 Å². The van der Waals surface area contributed by atoms with Crippen LogP contribution in [0.1, 0.15) is 182 Å². The molecule has 4 heteroatoms. The van der Waals surface area contributed by atoms with Gasteiger partial charge in [0.15, 0.2) is 0 Å². The fourth-order valence-corrected chi connectivity index (χ4v) is 14.1. The maximum Gasteiger partial charge on any atom is 0.264 e. The zero-order valence-electron chi connectivity index (χ0n) is 45.6. The van der Waals surface area contributed by atoms with Crippen LogP contribution < -0.4 is 25.5 Å². The highest BCUT2D eigenvalue weighted by Gasteiger charge is 2.49. The minimum Gasteiger partial charge on any atom is -0.311 e. The molecule has 0 atom stereocenters. The van der Waals surface area contributed by atoms with Gasteiger partial charge in [-0.25, -0.2) is 0 Å². The number of nitrogens with zero attached hydrogens (tertiary/aromatic N) is 2. The summed E-state index contributed by atoms with van der Waals surface area (Å²) in [5.74, 6) is 0. The molecule has 0 N–H and O–H groups in total. The molecule has 0 unspecified atom stereocenters. The van der Waals surface area contributed by atoms with Crippen LogP contribution in [0, 0.1) is 0 Å². The van der Waals surface area contributed by atoms with Crippen LogP contribution in [0.25, 0.3) is 21.2 Å². The van der Waals surface area contributed by atoms with Gasteiger partial charge >= 0.3 is 0 Å². The van der Waals surface area contributed by atoms with Crippen molar-refractivity contribution in [3.05, 3.63) is 148 Å². The van der Waals surface area contributed by atoms with Gasteiger partial charge in [0.25, 0.3) is 6.71 Å². The van der Waals surface area contributed by atoms with E-state index in [-0.39, 0.29) is 44.6 Å². The summed E-state index contributed by atoms with van der Waals surface area (Å²) < 4.78 is 2.80. The Hall–Kier alpha value is -5.06. The molecule has 6 aromatic carbocycles. The highest BCUT2D eigenvalue weighted by molar-refractivity contribution is 7.33. The van der Waals surface area contributed by atoms with Gasteiger partial charge in [-0.3, -0.25) is 0 Å². The SMILES string of the molecule is CC(C)(C)c1ccc(-c2cc(C(C)(C)C)ccc2N2c3cc4c(cc3B3c5sc6ccccc6c5N(c5ccc6c(c5)C(C)(C)CCC6(C)C)c5cc(C(C)(C)C)cc2c53)C(C)(C)CCC4(C)C)cc1. The Morgan fingerprint density at radius 1 is 0.457 bits per heavy atom. The van der Waals surface area contributed by atoms with E-state index in [1.165, 1.54) is 136 Å². The first-order chi connectivity index (χ1) is 32.6. The molecule has 2 aliphatic heterocycles. The molecule has 360 valence electrons. The number of thiophene rings is 1. The molecular weight excluding hydrogens is 864 g/mol. The van der Waals surface area contributed by atoms with Gasteiger partial charge < -0.3 is 9.80 Å². The Balaban J connectivity index is 1.29. The molecule has 0 amide bonds. The monoisotopic (exact) mass is 941 g/mol. The van der Waals surface area contributed by atoms with Gasteiger partial charge in [-0.15, -0.1) is 11.3 Å². The van der Waals surface area contributed by atoms with Crippen molar-refractivity contribution in [1.29, 1.82) is 0 Å². The van der Waals surface area contributed by atoms with Crippen LogP contribution in [0.15, 0.2) is 109 Å². The Bertz CT molecular complexity index is 3280. The fourth-order valence-electron chi connectivity index (χ4n) is 12.7. The molecular formula is C66H77BN2S. The van der Waals surface area contributed by atoms with E-state index in [4.69, 9.17) is 0 Å². The van der Waals surface area contributed by atoms with E-state index in [0.29, 0.717) is 0 Å². The molecule has 0 fully saturated rings. The van der Waals surface area contributed by atoms with Crippen LogP contribution in [0.4, 0.5) is 34.1 Å². The van der Waals surface area contributed by atoms with Crippen LogP contribution in [-0.4, -0.2) is 6.71 Å². The molecule has 0 bridgehead atoms. The van der Waals surface area contributed by atoms with Gasteiger partial charge in [0.05, 0.1) is 11.4 Å². The Morgan fingerprint density at radius 3 is 1.59 bits per heavy atom. The van der Waals surface area contributed by atoms with E-state index in [1.54, 1.807) is 0 Å². The minimum absolute atomic E-state index is 0.0275. The molecule has 0 radical (unpaired) electrons. The van der Waals surface area contributed by atoms with E-state index in [2.05, 4.69) is 237 Å². The van der Waals surface area contributed by atoms with Gasteiger partial charge in [-0.1, -0.05) is 178 Å². The molecule has 0 spiro atoms. The maximum absolute atomic E-state index is 2.74. The Morgan fingerprint density at radius 2 is 0.986 bits per heavy atom. The summed E-state index contributed by atoms with van der Waals surface area (Å²) in [4.78, 5) is 5.46. The molecule has 3 heterocycles. The normalized spacial score (nSPS) is 18.5. The van der Waals surface area contributed by atoms with Crippen molar-refractivity contribution >= 4 is 78.0 Å². The molecule has 11 rings (SSSR count). The average Bonchev–Trinajstić information content (AvgIpc) is 3.67. The predicted octanol–water partition coefficient (Wildman–Crippen LogP) is 17.2. The van der Waals surface area contributed by atoms with Crippen molar-refractivity contribution in [1.82, 2.24) is 0 Å². The summed E-state index contributed by atoms with van der Waals surface area (Å²) in [5.41, 5.74) is 23.4. The second kappa shape index (κ2) is 15.2. The summed E-state index contributed by atoms with van der Waals surface area (Å²) in [5, 5.41) is 1.34. The topological polar surface area (TPSA) is 6.48 Å². The summed E-state index contributed by atoms with van der Waals surface area (Å²) in [6.45, 7) is 41.1. The summed E-state index contributed by atoms with van der Waals surface area (Å²) in [7, 11) is 0. The lowest BCUT2D eigenvalue weighted by molar-refractivity contribution is 0.332.